The zero-order valence-electron chi connectivity index (χ0n) is 29.3. The van der Waals surface area contributed by atoms with E-state index in [1.54, 1.807) is 0 Å². The van der Waals surface area contributed by atoms with Crippen molar-refractivity contribution >= 4 is 59.8 Å². The summed E-state index contributed by atoms with van der Waals surface area (Å²) in [6.07, 6.45) is 6.93. The SMILES string of the molecule is CC1(C)c2cc(-c3ccc(-c4c5ccccc5c(-c5ccccc5)c5ccccc45)cc3)ccc2-c2c1ccc1c2ccc2sc3c(c21)CCC=C3. The molecule has 0 fully saturated rings. The fourth-order valence-electron chi connectivity index (χ4n) is 9.49. The minimum atomic E-state index is -0.0844. The van der Waals surface area contributed by atoms with Crippen molar-refractivity contribution in [2.45, 2.75) is 32.1 Å². The maximum absolute atomic E-state index is 2.46. The molecule has 0 spiro atoms. The van der Waals surface area contributed by atoms with Gasteiger partial charge in [-0.05, 0) is 125 Å². The number of allylic oxidation sites excluding steroid dienone is 1. The molecular weight excluding hydrogens is 645 g/mol. The highest BCUT2D eigenvalue weighted by Crippen LogP contribution is 2.54. The first-order chi connectivity index (χ1) is 25.6. The Morgan fingerprint density at radius 2 is 1.06 bits per heavy atom. The minimum Gasteiger partial charge on any atom is -0.136 e. The van der Waals surface area contributed by atoms with Crippen LogP contribution in [0.15, 0.2) is 152 Å². The van der Waals surface area contributed by atoms with Crippen molar-refractivity contribution in [1.29, 1.82) is 0 Å². The fourth-order valence-corrected chi connectivity index (χ4v) is 10.7. The Bertz CT molecular complexity index is 2900. The Balaban J connectivity index is 1.03. The number of aryl methyl sites for hydroxylation is 1. The normalized spacial score (nSPS) is 14.3. The van der Waals surface area contributed by atoms with Gasteiger partial charge in [-0.2, -0.15) is 0 Å². The summed E-state index contributed by atoms with van der Waals surface area (Å²) < 4.78 is 1.41. The van der Waals surface area contributed by atoms with Gasteiger partial charge >= 0.3 is 0 Å². The average molecular weight is 681 g/mol. The lowest BCUT2D eigenvalue weighted by molar-refractivity contribution is 0.661. The van der Waals surface area contributed by atoms with Crippen molar-refractivity contribution in [3.05, 3.63) is 173 Å². The summed E-state index contributed by atoms with van der Waals surface area (Å²) in [7, 11) is 0. The van der Waals surface area contributed by atoms with Crippen LogP contribution in [0.5, 0.6) is 0 Å². The minimum absolute atomic E-state index is 0.0844. The van der Waals surface area contributed by atoms with Crippen LogP contribution in [0.3, 0.4) is 0 Å². The molecule has 1 heteroatoms. The van der Waals surface area contributed by atoms with Gasteiger partial charge in [0.25, 0.3) is 0 Å². The van der Waals surface area contributed by atoms with E-state index in [9.17, 15) is 0 Å². The molecule has 1 aromatic heterocycles. The molecule has 1 heterocycles. The van der Waals surface area contributed by atoms with Crippen LogP contribution >= 0.6 is 11.3 Å². The molecule has 246 valence electrons. The van der Waals surface area contributed by atoms with Gasteiger partial charge < -0.3 is 0 Å². The smallest absolute Gasteiger partial charge is 0.0358 e. The zero-order valence-corrected chi connectivity index (χ0v) is 30.2. The highest BCUT2D eigenvalue weighted by atomic mass is 32.1. The van der Waals surface area contributed by atoms with Crippen LogP contribution in [0.1, 0.15) is 41.8 Å². The first kappa shape index (κ1) is 29.9. The summed E-state index contributed by atoms with van der Waals surface area (Å²) in [6, 6.07) is 54.7. The van der Waals surface area contributed by atoms with E-state index in [4.69, 9.17) is 0 Å². The number of benzene rings is 8. The van der Waals surface area contributed by atoms with E-state index in [0.29, 0.717) is 0 Å². The highest BCUT2D eigenvalue weighted by Gasteiger charge is 2.37. The lowest BCUT2D eigenvalue weighted by Gasteiger charge is -2.22. The molecular formula is C51H36S. The summed E-state index contributed by atoms with van der Waals surface area (Å²) in [5, 5.41) is 9.42. The number of thiophene rings is 1. The van der Waals surface area contributed by atoms with Crippen LogP contribution in [0.25, 0.3) is 93.0 Å². The summed E-state index contributed by atoms with van der Waals surface area (Å²) >= 11 is 1.95. The highest BCUT2D eigenvalue weighted by molar-refractivity contribution is 7.20. The summed E-state index contributed by atoms with van der Waals surface area (Å²) in [5.74, 6) is 0. The van der Waals surface area contributed by atoms with Crippen molar-refractivity contribution in [3.63, 3.8) is 0 Å². The average Bonchev–Trinajstić information content (AvgIpc) is 3.69. The van der Waals surface area contributed by atoms with E-state index < -0.39 is 0 Å². The summed E-state index contributed by atoms with van der Waals surface area (Å²) in [5.41, 5.74) is 14.7. The van der Waals surface area contributed by atoms with Crippen molar-refractivity contribution in [2.75, 3.05) is 0 Å². The van der Waals surface area contributed by atoms with Crippen molar-refractivity contribution in [2.24, 2.45) is 0 Å². The second-order valence-corrected chi connectivity index (χ2v) is 16.2. The molecule has 0 aliphatic heterocycles. The number of hydrogen-bond acceptors (Lipinski definition) is 1. The third kappa shape index (κ3) is 4.21. The van der Waals surface area contributed by atoms with Crippen LogP contribution in [0, 0.1) is 0 Å². The molecule has 0 saturated heterocycles. The van der Waals surface area contributed by atoms with Gasteiger partial charge in [-0.1, -0.05) is 153 Å². The molecule has 11 rings (SSSR count). The molecule has 0 saturated carbocycles. The van der Waals surface area contributed by atoms with Gasteiger partial charge in [0, 0.05) is 20.4 Å². The van der Waals surface area contributed by atoms with Gasteiger partial charge in [-0.3, -0.25) is 0 Å². The monoisotopic (exact) mass is 680 g/mol. The van der Waals surface area contributed by atoms with Gasteiger partial charge in [-0.25, -0.2) is 0 Å². The second-order valence-electron chi connectivity index (χ2n) is 15.1. The molecule has 0 unspecified atom stereocenters. The predicted molar refractivity (Wildman–Crippen MR) is 226 cm³/mol. The largest absolute Gasteiger partial charge is 0.136 e. The van der Waals surface area contributed by atoms with Gasteiger partial charge in [0.2, 0.25) is 0 Å². The summed E-state index contributed by atoms with van der Waals surface area (Å²) in [4.78, 5) is 1.44. The number of rotatable bonds is 3. The topological polar surface area (TPSA) is 0 Å². The van der Waals surface area contributed by atoms with E-state index in [-0.39, 0.29) is 5.41 Å². The quantitative estimate of drug-likeness (QED) is 0.163. The molecule has 8 aromatic carbocycles. The van der Waals surface area contributed by atoms with Crippen LogP contribution in [0.4, 0.5) is 0 Å². The molecule has 0 amide bonds. The van der Waals surface area contributed by atoms with Crippen LogP contribution in [-0.4, -0.2) is 0 Å². The van der Waals surface area contributed by atoms with Crippen LogP contribution in [0.2, 0.25) is 0 Å². The summed E-state index contributed by atoms with van der Waals surface area (Å²) in [6.45, 7) is 4.81. The van der Waals surface area contributed by atoms with Gasteiger partial charge in [0.1, 0.15) is 0 Å². The molecule has 52 heavy (non-hydrogen) atoms. The Labute approximate surface area is 308 Å². The second kappa shape index (κ2) is 11.1. The standard InChI is InChI=1S/C51H36S/c1-51(2)43-28-26-40-39(27-29-46-50(40)42-18-10-11-19-45(42)52-46)49(43)41-25-24-34(30-44(41)51)31-20-22-33(23-21-31)48-37-16-8-6-14-35(37)47(32-12-4-3-5-13-32)36-15-7-9-17-38(36)48/h3-9,11-17,19-30H,10,18H2,1-2H3. The molecule has 2 aliphatic rings. The van der Waals surface area contributed by atoms with Crippen molar-refractivity contribution in [1.82, 2.24) is 0 Å². The number of hydrogen-bond donors (Lipinski definition) is 0. The van der Waals surface area contributed by atoms with Crippen LogP contribution in [-0.2, 0) is 11.8 Å². The van der Waals surface area contributed by atoms with Crippen molar-refractivity contribution in [3.8, 4) is 44.5 Å². The predicted octanol–water partition coefficient (Wildman–Crippen LogP) is 14.6. The van der Waals surface area contributed by atoms with Crippen molar-refractivity contribution < 1.29 is 0 Å². The Morgan fingerprint density at radius 1 is 0.481 bits per heavy atom. The maximum atomic E-state index is 2.46. The molecule has 0 atom stereocenters. The molecule has 2 aliphatic carbocycles. The third-order valence-electron chi connectivity index (χ3n) is 11.9. The van der Waals surface area contributed by atoms with Gasteiger partial charge in [-0.15, -0.1) is 11.3 Å². The van der Waals surface area contributed by atoms with E-state index in [1.807, 2.05) is 11.3 Å². The fraction of sp³-hybridized carbons (Fsp3) is 0.0980. The first-order valence-corrected chi connectivity index (χ1v) is 19.3. The molecule has 0 radical (unpaired) electrons. The third-order valence-corrected chi connectivity index (χ3v) is 13.1. The molecule has 0 N–H and O–H groups in total. The van der Waals surface area contributed by atoms with E-state index in [1.165, 1.54) is 108 Å². The van der Waals surface area contributed by atoms with E-state index in [0.717, 1.165) is 12.8 Å². The van der Waals surface area contributed by atoms with Gasteiger partial charge in [0.05, 0.1) is 0 Å². The molecule has 0 bridgehead atoms. The molecule has 0 nitrogen and oxygen atoms in total. The lowest BCUT2D eigenvalue weighted by Crippen LogP contribution is -2.15. The zero-order chi connectivity index (χ0) is 34.6. The maximum Gasteiger partial charge on any atom is 0.0358 e. The first-order valence-electron chi connectivity index (χ1n) is 18.5. The Hall–Kier alpha value is -5.76. The van der Waals surface area contributed by atoms with Gasteiger partial charge in [0.15, 0.2) is 0 Å². The van der Waals surface area contributed by atoms with E-state index >= 15 is 0 Å². The Kier molecular flexibility index (Phi) is 6.40. The number of fused-ring (bicyclic) bond motifs is 11. The lowest BCUT2D eigenvalue weighted by atomic mass is 9.81. The Morgan fingerprint density at radius 3 is 1.75 bits per heavy atom. The van der Waals surface area contributed by atoms with E-state index in [2.05, 4.69) is 172 Å². The van der Waals surface area contributed by atoms with Crippen LogP contribution < -0.4 is 0 Å². The molecule has 9 aromatic rings.